The molecule has 2 amide bonds. The third-order valence-electron chi connectivity index (χ3n) is 4.50. The highest BCUT2D eigenvalue weighted by molar-refractivity contribution is 7.18. The van der Waals surface area contributed by atoms with E-state index < -0.39 is 23.1 Å². The first kappa shape index (κ1) is 19.7. The van der Waals surface area contributed by atoms with Gasteiger partial charge in [-0.05, 0) is 44.1 Å². The quantitative estimate of drug-likeness (QED) is 0.706. The molecule has 1 aliphatic heterocycles. The van der Waals surface area contributed by atoms with Gasteiger partial charge in [0.2, 0.25) is 5.91 Å². The molecule has 144 valence electrons. The van der Waals surface area contributed by atoms with Gasteiger partial charge < -0.3 is 16.0 Å². The van der Waals surface area contributed by atoms with Gasteiger partial charge in [-0.25, -0.2) is 8.78 Å². The average Bonchev–Trinajstić information content (AvgIpc) is 3.08. The molecule has 2 heterocycles. The summed E-state index contributed by atoms with van der Waals surface area (Å²) in [6.45, 7) is 1.02. The largest absolute Gasteiger partial charge is 0.350 e. The Labute approximate surface area is 164 Å². The molecule has 0 aliphatic carbocycles. The number of benzene rings is 1. The summed E-state index contributed by atoms with van der Waals surface area (Å²) in [6.07, 6.45) is 0.797. The zero-order valence-electron chi connectivity index (χ0n) is 14.3. The van der Waals surface area contributed by atoms with Crippen molar-refractivity contribution >= 4 is 34.8 Å². The van der Waals surface area contributed by atoms with Gasteiger partial charge in [-0.2, -0.15) is 0 Å². The molecule has 0 bridgehead atoms. The van der Waals surface area contributed by atoms with Crippen LogP contribution in [0.2, 0.25) is 4.34 Å². The number of hydrogen-bond donors (Lipinski definition) is 3. The second kappa shape index (κ2) is 8.33. The van der Waals surface area contributed by atoms with Crippen LogP contribution in [-0.2, 0) is 11.3 Å². The molecule has 2 aromatic rings. The van der Waals surface area contributed by atoms with Crippen LogP contribution in [0.25, 0.3) is 0 Å². The summed E-state index contributed by atoms with van der Waals surface area (Å²) in [6, 6.07) is 6.40. The molecular formula is C18H18ClF2N3O2S. The number of carbonyl (C=O) groups excluding carboxylic acids is 2. The first-order valence-corrected chi connectivity index (χ1v) is 9.60. The van der Waals surface area contributed by atoms with Gasteiger partial charge in [-0.15, -0.1) is 11.3 Å². The number of amides is 2. The number of piperidine rings is 1. The van der Waals surface area contributed by atoms with E-state index in [1.807, 2.05) is 0 Å². The van der Waals surface area contributed by atoms with Crippen LogP contribution >= 0.6 is 22.9 Å². The smallest absolute Gasteiger partial charge is 0.262 e. The Morgan fingerprint density at radius 2 is 1.93 bits per heavy atom. The molecule has 0 atom stereocenters. The molecule has 0 radical (unpaired) electrons. The van der Waals surface area contributed by atoms with Gasteiger partial charge in [0.15, 0.2) is 0 Å². The summed E-state index contributed by atoms with van der Waals surface area (Å²) >= 11 is 7.00. The molecule has 1 aliphatic rings. The van der Waals surface area contributed by atoms with E-state index in [2.05, 4.69) is 16.0 Å². The minimum atomic E-state index is -1.10. The van der Waals surface area contributed by atoms with Crippen molar-refractivity contribution in [3.63, 3.8) is 0 Å². The molecule has 9 heteroatoms. The zero-order valence-corrected chi connectivity index (χ0v) is 15.9. The lowest BCUT2D eigenvalue weighted by atomic mass is 9.87. The summed E-state index contributed by atoms with van der Waals surface area (Å²) in [5, 5.41) is 8.64. The normalized spacial score (nSPS) is 16.0. The number of rotatable bonds is 5. The number of nitrogens with one attached hydrogen (secondary N) is 3. The minimum Gasteiger partial charge on any atom is -0.350 e. The van der Waals surface area contributed by atoms with Gasteiger partial charge in [0, 0.05) is 18.2 Å². The van der Waals surface area contributed by atoms with Crippen LogP contribution in [0.4, 0.5) is 8.78 Å². The van der Waals surface area contributed by atoms with Crippen molar-refractivity contribution in [2.75, 3.05) is 13.1 Å². The van der Waals surface area contributed by atoms with E-state index in [9.17, 15) is 18.4 Å². The van der Waals surface area contributed by atoms with E-state index in [1.165, 1.54) is 6.07 Å². The van der Waals surface area contributed by atoms with Gasteiger partial charge in [0.1, 0.15) is 17.2 Å². The van der Waals surface area contributed by atoms with Gasteiger partial charge in [-0.1, -0.05) is 17.7 Å². The third kappa shape index (κ3) is 4.63. The topological polar surface area (TPSA) is 70.2 Å². The summed E-state index contributed by atoms with van der Waals surface area (Å²) in [4.78, 5) is 25.8. The van der Waals surface area contributed by atoms with Crippen molar-refractivity contribution in [2.45, 2.75) is 24.9 Å². The molecule has 3 rings (SSSR count). The highest BCUT2D eigenvalue weighted by Gasteiger charge is 2.41. The molecular weight excluding hydrogens is 396 g/mol. The molecule has 27 heavy (non-hydrogen) atoms. The fraction of sp³-hybridized carbons (Fsp3) is 0.333. The fourth-order valence-corrected chi connectivity index (χ4v) is 3.93. The molecule has 0 unspecified atom stereocenters. The number of carbonyl (C=O) groups is 2. The molecule has 5 nitrogen and oxygen atoms in total. The molecule has 0 saturated carbocycles. The van der Waals surface area contributed by atoms with Crippen molar-refractivity contribution < 1.29 is 18.4 Å². The van der Waals surface area contributed by atoms with Crippen molar-refractivity contribution in [3.8, 4) is 0 Å². The predicted octanol–water partition coefficient (Wildman–Crippen LogP) is 2.85. The minimum absolute atomic E-state index is 0.0964. The fourth-order valence-electron chi connectivity index (χ4n) is 2.99. The Morgan fingerprint density at radius 3 is 2.56 bits per heavy atom. The second-order valence-electron chi connectivity index (χ2n) is 6.31. The molecule has 1 aromatic carbocycles. The van der Waals surface area contributed by atoms with Crippen LogP contribution in [0.5, 0.6) is 0 Å². The lowest BCUT2D eigenvalue weighted by Crippen LogP contribution is -2.62. The van der Waals surface area contributed by atoms with Gasteiger partial charge in [0.25, 0.3) is 5.91 Å². The maximum absolute atomic E-state index is 13.8. The highest BCUT2D eigenvalue weighted by atomic mass is 35.5. The number of hydrogen-bond acceptors (Lipinski definition) is 4. The summed E-state index contributed by atoms with van der Waals surface area (Å²) in [5.74, 6) is -2.19. The Hall–Kier alpha value is -2.03. The van der Waals surface area contributed by atoms with Crippen molar-refractivity contribution in [3.05, 3.63) is 56.7 Å². The van der Waals surface area contributed by atoms with Crippen molar-refractivity contribution in [1.29, 1.82) is 0 Å². The SMILES string of the molecule is O=C(NC1(C(=O)NCc2ccc(F)cc2F)CCNCC1)c1ccc(Cl)s1. The van der Waals surface area contributed by atoms with Crippen LogP contribution in [0.3, 0.4) is 0 Å². The van der Waals surface area contributed by atoms with E-state index >= 15 is 0 Å². The van der Waals surface area contributed by atoms with E-state index in [-0.39, 0.29) is 18.0 Å². The highest BCUT2D eigenvalue weighted by Crippen LogP contribution is 2.24. The van der Waals surface area contributed by atoms with Gasteiger partial charge >= 0.3 is 0 Å². The van der Waals surface area contributed by atoms with E-state index in [4.69, 9.17) is 11.6 Å². The van der Waals surface area contributed by atoms with Crippen LogP contribution in [-0.4, -0.2) is 30.4 Å². The average molecular weight is 414 g/mol. The first-order chi connectivity index (χ1) is 12.9. The summed E-state index contributed by atoms with van der Waals surface area (Å²) in [5.41, 5.74) is -0.930. The summed E-state index contributed by atoms with van der Waals surface area (Å²) in [7, 11) is 0. The lowest BCUT2D eigenvalue weighted by molar-refractivity contribution is -0.128. The lowest BCUT2D eigenvalue weighted by Gasteiger charge is -2.36. The predicted molar refractivity (Wildman–Crippen MR) is 99.8 cm³/mol. The molecule has 1 fully saturated rings. The molecule has 0 spiro atoms. The third-order valence-corrected chi connectivity index (χ3v) is 5.73. The number of thiophene rings is 1. The van der Waals surface area contributed by atoms with E-state index in [1.54, 1.807) is 12.1 Å². The molecule has 3 N–H and O–H groups in total. The Bertz CT molecular complexity index is 853. The Balaban J connectivity index is 1.72. The molecule has 1 aromatic heterocycles. The Kier molecular flexibility index (Phi) is 6.08. The zero-order chi connectivity index (χ0) is 19.4. The van der Waals surface area contributed by atoms with Crippen LogP contribution in [0.15, 0.2) is 30.3 Å². The monoisotopic (exact) mass is 413 g/mol. The van der Waals surface area contributed by atoms with E-state index in [0.717, 1.165) is 23.5 Å². The first-order valence-electron chi connectivity index (χ1n) is 8.40. The maximum Gasteiger partial charge on any atom is 0.262 e. The molecule has 1 saturated heterocycles. The van der Waals surface area contributed by atoms with Crippen LogP contribution in [0, 0.1) is 11.6 Å². The summed E-state index contributed by atoms with van der Waals surface area (Å²) < 4.78 is 27.3. The maximum atomic E-state index is 13.8. The second-order valence-corrected chi connectivity index (χ2v) is 8.02. The van der Waals surface area contributed by atoms with Crippen molar-refractivity contribution in [1.82, 2.24) is 16.0 Å². The van der Waals surface area contributed by atoms with Gasteiger partial charge in [-0.3, -0.25) is 9.59 Å². The van der Waals surface area contributed by atoms with E-state index in [0.29, 0.717) is 35.1 Å². The Morgan fingerprint density at radius 1 is 1.19 bits per heavy atom. The number of halogens is 3. The van der Waals surface area contributed by atoms with Gasteiger partial charge in [0.05, 0.1) is 9.21 Å². The standard InChI is InChI=1S/C18H18ClF2N3O2S/c19-15-4-3-14(27-15)16(25)24-18(5-7-22-8-6-18)17(26)23-10-11-1-2-12(20)9-13(11)21/h1-4,9,22H,5-8,10H2,(H,23,26)(H,24,25). The van der Waals surface area contributed by atoms with Crippen LogP contribution in [0.1, 0.15) is 28.1 Å². The van der Waals surface area contributed by atoms with Crippen LogP contribution < -0.4 is 16.0 Å². The van der Waals surface area contributed by atoms with Crippen molar-refractivity contribution in [2.24, 2.45) is 0 Å².